The third kappa shape index (κ3) is 2.24. The molecule has 6 nitrogen and oxygen atoms in total. The molecule has 0 radical (unpaired) electrons. The van der Waals surface area contributed by atoms with Crippen LogP contribution in [0.2, 0.25) is 0 Å². The highest BCUT2D eigenvalue weighted by Gasteiger charge is 2.14. The monoisotopic (exact) mass is 281 g/mol. The van der Waals surface area contributed by atoms with Crippen molar-refractivity contribution in [3.63, 3.8) is 0 Å². The van der Waals surface area contributed by atoms with Gasteiger partial charge in [-0.25, -0.2) is 4.68 Å². The molecule has 3 aromatic rings. The van der Waals surface area contributed by atoms with Gasteiger partial charge in [0.2, 0.25) is 0 Å². The normalized spacial score (nSPS) is 10.8. The zero-order valence-electron chi connectivity index (χ0n) is 11.9. The zero-order chi connectivity index (χ0) is 14.8. The first-order chi connectivity index (χ1) is 10.2. The highest BCUT2D eigenvalue weighted by Crippen LogP contribution is 2.18. The second kappa shape index (κ2) is 5.32. The minimum Gasteiger partial charge on any atom is -0.354 e. The molecule has 106 valence electrons. The molecule has 0 aliphatic rings. The molecular weight excluding hydrogens is 266 g/mol. The summed E-state index contributed by atoms with van der Waals surface area (Å²) in [5.41, 5.74) is 2.17. The first-order valence-electron chi connectivity index (χ1n) is 6.76. The van der Waals surface area contributed by atoms with Crippen LogP contribution in [0.1, 0.15) is 23.0 Å². The smallest absolute Gasteiger partial charge is 0.271 e. The lowest BCUT2D eigenvalue weighted by Crippen LogP contribution is -2.22. The SMILES string of the molecule is CCc1cc(-n2ncc3ccccc32)nnc1C(=O)NC. The Hall–Kier alpha value is -2.76. The Morgan fingerprint density at radius 2 is 2.10 bits per heavy atom. The van der Waals surface area contributed by atoms with Crippen molar-refractivity contribution in [1.29, 1.82) is 0 Å². The van der Waals surface area contributed by atoms with E-state index in [4.69, 9.17) is 0 Å². The maximum atomic E-state index is 11.8. The van der Waals surface area contributed by atoms with Crippen LogP contribution in [0, 0.1) is 0 Å². The molecule has 0 fully saturated rings. The standard InChI is InChI=1S/C15H15N5O/c1-3-10-8-13(18-19-14(10)15(21)16-2)20-12-7-5-4-6-11(12)9-17-20/h4-9H,3H2,1-2H3,(H,16,21). The predicted molar refractivity (Wildman–Crippen MR) is 79.4 cm³/mol. The Kier molecular flexibility index (Phi) is 3.35. The molecule has 2 aromatic heterocycles. The van der Waals surface area contributed by atoms with Gasteiger partial charge < -0.3 is 5.32 Å². The fraction of sp³-hybridized carbons (Fsp3) is 0.200. The lowest BCUT2D eigenvalue weighted by Gasteiger charge is -2.08. The molecule has 0 spiro atoms. The summed E-state index contributed by atoms with van der Waals surface area (Å²) in [6, 6.07) is 9.74. The fourth-order valence-electron chi connectivity index (χ4n) is 2.26. The van der Waals surface area contributed by atoms with Crippen LogP contribution in [0.25, 0.3) is 16.7 Å². The number of amides is 1. The number of carbonyl (C=O) groups excluding carboxylic acids is 1. The second-order valence-electron chi connectivity index (χ2n) is 4.62. The number of benzene rings is 1. The Labute approximate surface area is 121 Å². The number of hydrogen-bond acceptors (Lipinski definition) is 4. The van der Waals surface area contributed by atoms with Crippen LogP contribution < -0.4 is 5.32 Å². The van der Waals surface area contributed by atoms with Crippen molar-refractivity contribution in [3.05, 3.63) is 47.8 Å². The second-order valence-corrected chi connectivity index (χ2v) is 4.62. The maximum absolute atomic E-state index is 11.8. The predicted octanol–water partition coefficient (Wildman–Crippen LogP) is 1.74. The number of rotatable bonds is 3. The van der Waals surface area contributed by atoms with E-state index in [0.717, 1.165) is 16.5 Å². The van der Waals surface area contributed by atoms with Crippen LogP contribution in [-0.4, -0.2) is 32.9 Å². The molecule has 0 unspecified atom stereocenters. The van der Waals surface area contributed by atoms with E-state index in [-0.39, 0.29) is 5.91 Å². The van der Waals surface area contributed by atoms with Gasteiger partial charge >= 0.3 is 0 Å². The van der Waals surface area contributed by atoms with Gasteiger partial charge in [0.15, 0.2) is 11.5 Å². The number of aryl methyl sites for hydroxylation is 1. The van der Waals surface area contributed by atoms with Gasteiger partial charge in [-0.1, -0.05) is 25.1 Å². The zero-order valence-corrected chi connectivity index (χ0v) is 11.9. The first kappa shape index (κ1) is 13.2. The van der Waals surface area contributed by atoms with Crippen molar-refractivity contribution in [1.82, 2.24) is 25.3 Å². The van der Waals surface area contributed by atoms with E-state index >= 15 is 0 Å². The third-order valence-electron chi connectivity index (χ3n) is 3.38. The summed E-state index contributed by atoms with van der Waals surface area (Å²) in [5, 5.41) is 16.2. The number of aromatic nitrogens is 4. The molecule has 0 aliphatic heterocycles. The molecule has 21 heavy (non-hydrogen) atoms. The van der Waals surface area contributed by atoms with Gasteiger partial charge in [0.1, 0.15) is 0 Å². The molecule has 0 bridgehead atoms. The molecule has 0 saturated carbocycles. The summed E-state index contributed by atoms with van der Waals surface area (Å²) < 4.78 is 1.73. The summed E-state index contributed by atoms with van der Waals surface area (Å²) in [4.78, 5) is 11.8. The fourth-order valence-corrected chi connectivity index (χ4v) is 2.26. The van der Waals surface area contributed by atoms with E-state index in [1.165, 1.54) is 0 Å². The lowest BCUT2D eigenvalue weighted by atomic mass is 10.1. The molecule has 6 heteroatoms. The van der Waals surface area contributed by atoms with E-state index < -0.39 is 0 Å². The minimum atomic E-state index is -0.226. The van der Waals surface area contributed by atoms with Crippen LogP contribution in [0.4, 0.5) is 0 Å². The van der Waals surface area contributed by atoms with Crippen molar-refractivity contribution >= 4 is 16.8 Å². The van der Waals surface area contributed by atoms with Gasteiger partial charge in [0, 0.05) is 12.4 Å². The van der Waals surface area contributed by atoms with Gasteiger partial charge in [0.05, 0.1) is 11.7 Å². The molecule has 0 saturated heterocycles. The van der Waals surface area contributed by atoms with E-state index in [9.17, 15) is 4.79 Å². The number of para-hydroxylation sites is 1. The quantitative estimate of drug-likeness (QED) is 0.793. The number of nitrogens with zero attached hydrogens (tertiary/aromatic N) is 4. The third-order valence-corrected chi connectivity index (χ3v) is 3.38. The van der Waals surface area contributed by atoms with Crippen molar-refractivity contribution in [2.45, 2.75) is 13.3 Å². The van der Waals surface area contributed by atoms with Gasteiger partial charge in [-0.15, -0.1) is 10.2 Å². The lowest BCUT2D eigenvalue weighted by molar-refractivity contribution is 0.0956. The van der Waals surface area contributed by atoms with E-state index in [0.29, 0.717) is 17.9 Å². The van der Waals surface area contributed by atoms with E-state index in [2.05, 4.69) is 20.6 Å². The summed E-state index contributed by atoms with van der Waals surface area (Å²) in [7, 11) is 1.58. The highest BCUT2D eigenvalue weighted by atomic mass is 16.1. The average Bonchev–Trinajstić information content (AvgIpc) is 2.97. The van der Waals surface area contributed by atoms with Crippen molar-refractivity contribution < 1.29 is 4.79 Å². The topological polar surface area (TPSA) is 72.7 Å². The summed E-state index contributed by atoms with van der Waals surface area (Å²) in [6.07, 6.45) is 2.49. The average molecular weight is 281 g/mol. The van der Waals surface area contributed by atoms with Crippen molar-refractivity contribution in [3.8, 4) is 5.82 Å². The Morgan fingerprint density at radius 3 is 2.86 bits per heavy atom. The van der Waals surface area contributed by atoms with E-state index in [1.807, 2.05) is 37.3 Å². The van der Waals surface area contributed by atoms with Crippen LogP contribution in [-0.2, 0) is 6.42 Å². The minimum absolute atomic E-state index is 0.226. The largest absolute Gasteiger partial charge is 0.354 e. The van der Waals surface area contributed by atoms with Crippen LogP contribution >= 0.6 is 0 Å². The van der Waals surface area contributed by atoms with Crippen LogP contribution in [0.5, 0.6) is 0 Å². The van der Waals surface area contributed by atoms with E-state index in [1.54, 1.807) is 17.9 Å². The highest BCUT2D eigenvalue weighted by molar-refractivity contribution is 5.93. The summed E-state index contributed by atoms with van der Waals surface area (Å²) in [5.74, 6) is 0.386. The number of hydrogen-bond donors (Lipinski definition) is 1. The first-order valence-corrected chi connectivity index (χ1v) is 6.76. The summed E-state index contributed by atoms with van der Waals surface area (Å²) in [6.45, 7) is 1.98. The molecular formula is C15H15N5O. The Balaban J connectivity index is 2.13. The molecule has 2 heterocycles. The molecule has 0 aliphatic carbocycles. The molecule has 0 atom stereocenters. The maximum Gasteiger partial charge on any atom is 0.271 e. The molecule has 1 aromatic carbocycles. The Bertz CT molecular complexity index is 809. The van der Waals surface area contributed by atoms with Crippen LogP contribution in [0.15, 0.2) is 36.5 Å². The molecule has 3 rings (SSSR count). The van der Waals surface area contributed by atoms with Gasteiger partial charge in [-0.3, -0.25) is 4.79 Å². The van der Waals surface area contributed by atoms with Gasteiger partial charge in [0.25, 0.3) is 5.91 Å². The van der Waals surface area contributed by atoms with Gasteiger partial charge in [-0.2, -0.15) is 5.10 Å². The molecule has 1 N–H and O–H groups in total. The van der Waals surface area contributed by atoms with Crippen molar-refractivity contribution in [2.75, 3.05) is 7.05 Å². The number of carbonyl (C=O) groups is 1. The Morgan fingerprint density at radius 1 is 1.29 bits per heavy atom. The molecule has 1 amide bonds. The number of nitrogens with one attached hydrogen (secondary N) is 1. The van der Waals surface area contributed by atoms with Crippen molar-refractivity contribution in [2.24, 2.45) is 0 Å². The van der Waals surface area contributed by atoms with Gasteiger partial charge in [-0.05, 0) is 24.1 Å². The summed E-state index contributed by atoms with van der Waals surface area (Å²) >= 11 is 0. The van der Waals surface area contributed by atoms with Crippen LogP contribution in [0.3, 0.4) is 0 Å². The number of fused-ring (bicyclic) bond motifs is 1.